The van der Waals surface area contributed by atoms with Gasteiger partial charge in [-0.1, -0.05) is 13.8 Å². The number of benzene rings is 1. The molecule has 1 fully saturated rings. The third-order valence-corrected chi connectivity index (χ3v) is 5.57. The first-order valence-electron chi connectivity index (χ1n) is 8.00. The number of aromatic hydroxyl groups is 1. The summed E-state index contributed by atoms with van der Waals surface area (Å²) in [5.74, 6) is -6.34. The number of hydrogen-bond acceptors (Lipinski definition) is 5. The van der Waals surface area contributed by atoms with E-state index in [1.165, 1.54) is 6.20 Å². The summed E-state index contributed by atoms with van der Waals surface area (Å²) in [5.41, 5.74) is -0.416. The average Bonchev–Trinajstić information content (AvgIpc) is 3.09. The lowest BCUT2D eigenvalue weighted by atomic mass is 9.88. The fraction of sp³-hybridized carbons (Fsp3) is 0.412. The van der Waals surface area contributed by atoms with E-state index in [9.17, 15) is 28.2 Å². The number of amides is 1. The maximum atomic E-state index is 14.0. The summed E-state index contributed by atoms with van der Waals surface area (Å²) in [4.78, 5) is 18.4. The highest BCUT2D eigenvalue weighted by Crippen LogP contribution is 2.35. The molecule has 1 aromatic heterocycles. The molecule has 1 aromatic carbocycles. The minimum atomic E-state index is -1.67. The van der Waals surface area contributed by atoms with E-state index in [0.29, 0.717) is 19.2 Å². The average molecular weight is 386 g/mol. The number of rotatable bonds is 2. The zero-order chi connectivity index (χ0) is 19.2. The van der Waals surface area contributed by atoms with Gasteiger partial charge in [0.25, 0.3) is 5.91 Å². The van der Waals surface area contributed by atoms with Gasteiger partial charge in [0, 0.05) is 13.1 Å². The number of aliphatic hydroxyl groups excluding tert-OH is 1. The number of nitrogens with zero attached hydrogens (tertiary/aromatic N) is 2. The van der Waals surface area contributed by atoms with Crippen LogP contribution in [0.4, 0.5) is 13.2 Å². The van der Waals surface area contributed by atoms with Gasteiger partial charge in [-0.2, -0.15) is 4.39 Å². The third kappa shape index (κ3) is 3.16. The number of aromatic nitrogens is 1. The minimum Gasteiger partial charge on any atom is -0.503 e. The van der Waals surface area contributed by atoms with Crippen molar-refractivity contribution in [2.24, 2.45) is 11.8 Å². The number of carbonyl (C=O) groups excluding carboxylic acids is 1. The van der Waals surface area contributed by atoms with E-state index in [-0.39, 0.29) is 27.6 Å². The Balaban J connectivity index is 1.88. The van der Waals surface area contributed by atoms with Gasteiger partial charge in [0.2, 0.25) is 5.82 Å². The van der Waals surface area contributed by atoms with Crippen molar-refractivity contribution in [2.45, 2.75) is 20.0 Å². The predicted octanol–water partition coefficient (Wildman–Crippen LogP) is 3.02. The Morgan fingerprint density at radius 1 is 1.23 bits per heavy atom. The van der Waals surface area contributed by atoms with Crippen LogP contribution in [0.1, 0.15) is 23.5 Å². The first-order valence-corrected chi connectivity index (χ1v) is 8.82. The molecule has 2 N–H and O–H groups in total. The lowest BCUT2D eigenvalue weighted by molar-refractivity contribution is -0.00333. The highest BCUT2D eigenvalue weighted by molar-refractivity contribution is 7.16. The van der Waals surface area contributed by atoms with Crippen molar-refractivity contribution in [2.75, 3.05) is 13.1 Å². The second kappa shape index (κ2) is 6.88. The molecule has 2 aromatic rings. The van der Waals surface area contributed by atoms with Crippen LogP contribution in [0.2, 0.25) is 0 Å². The van der Waals surface area contributed by atoms with Crippen LogP contribution in [0.3, 0.4) is 0 Å². The molecule has 2 atom stereocenters. The van der Waals surface area contributed by atoms with Crippen LogP contribution in [0, 0.1) is 29.3 Å². The quantitative estimate of drug-likeness (QED) is 0.779. The fourth-order valence-electron chi connectivity index (χ4n) is 3.11. The monoisotopic (exact) mass is 386 g/mol. The van der Waals surface area contributed by atoms with Gasteiger partial charge in [0.1, 0.15) is 9.88 Å². The number of piperidine rings is 1. The molecule has 1 aliphatic rings. The van der Waals surface area contributed by atoms with Gasteiger partial charge in [-0.3, -0.25) is 4.79 Å². The van der Waals surface area contributed by atoms with Gasteiger partial charge < -0.3 is 15.1 Å². The Bertz CT molecular complexity index is 846. The van der Waals surface area contributed by atoms with E-state index in [1.54, 1.807) is 4.90 Å². The molecule has 140 valence electrons. The van der Waals surface area contributed by atoms with Crippen LogP contribution in [0.15, 0.2) is 12.3 Å². The Hall–Kier alpha value is -2.13. The molecular formula is C17H17F3N2O3S. The van der Waals surface area contributed by atoms with E-state index >= 15 is 0 Å². The topological polar surface area (TPSA) is 73.7 Å². The molecule has 0 aliphatic carbocycles. The first kappa shape index (κ1) is 18.7. The van der Waals surface area contributed by atoms with Crippen LogP contribution >= 0.6 is 11.3 Å². The fourth-order valence-corrected chi connectivity index (χ4v) is 4.01. The SMILES string of the molecule is C[C@H]1CN(C(=O)c2cnc(-c3cc(F)c(F)c(O)c3F)s2)C[C@H](C)C1O. The number of halogens is 3. The Morgan fingerprint density at radius 3 is 2.46 bits per heavy atom. The Morgan fingerprint density at radius 2 is 1.85 bits per heavy atom. The highest BCUT2D eigenvalue weighted by atomic mass is 32.1. The number of phenols is 1. The maximum Gasteiger partial charge on any atom is 0.265 e. The summed E-state index contributed by atoms with van der Waals surface area (Å²) >= 11 is 0.823. The third-order valence-electron chi connectivity index (χ3n) is 4.55. The van der Waals surface area contributed by atoms with E-state index in [1.807, 2.05) is 13.8 Å². The summed E-state index contributed by atoms with van der Waals surface area (Å²) in [6, 6.07) is 0.596. The van der Waals surface area contributed by atoms with E-state index in [0.717, 1.165) is 11.3 Å². The maximum absolute atomic E-state index is 14.0. The number of thiazole rings is 1. The lowest BCUT2D eigenvalue weighted by Gasteiger charge is -2.38. The molecule has 2 heterocycles. The second-order valence-corrected chi connectivity index (χ2v) is 7.60. The number of aliphatic hydroxyl groups is 1. The van der Waals surface area contributed by atoms with Gasteiger partial charge in [-0.15, -0.1) is 11.3 Å². The van der Waals surface area contributed by atoms with Crippen molar-refractivity contribution in [3.8, 4) is 16.3 Å². The van der Waals surface area contributed by atoms with Gasteiger partial charge >= 0.3 is 0 Å². The van der Waals surface area contributed by atoms with Crippen molar-refractivity contribution < 1.29 is 28.2 Å². The molecule has 26 heavy (non-hydrogen) atoms. The van der Waals surface area contributed by atoms with Crippen molar-refractivity contribution in [3.63, 3.8) is 0 Å². The zero-order valence-corrected chi connectivity index (χ0v) is 14.9. The molecule has 9 heteroatoms. The van der Waals surface area contributed by atoms with Crippen LogP contribution in [0.5, 0.6) is 5.75 Å². The highest BCUT2D eigenvalue weighted by Gasteiger charge is 2.33. The van der Waals surface area contributed by atoms with Gasteiger partial charge in [-0.05, 0) is 17.9 Å². The molecule has 0 saturated carbocycles. The van der Waals surface area contributed by atoms with E-state index in [4.69, 9.17) is 0 Å². The molecule has 3 rings (SSSR count). The molecule has 1 aliphatic heterocycles. The summed E-state index contributed by atoms with van der Waals surface area (Å²) in [7, 11) is 0. The lowest BCUT2D eigenvalue weighted by Crippen LogP contribution is -2.49. The van der Waals surface area contributed by atoms with Crippen molar-refractivity contribution in [3.05, 3.63) is 34.6 Å². The van der Waals surface area contributed by atoms with Gasteiger partial charge in [-0.25, -0.2) is 13.8 Å². The molecule has 0 spiro atoms. The number of carbonyl (C=O) groups is 1. The number of hydrogen-bond donors (Lipinski definition) is 2. The summed E-state index contributed by atoms with van der Waals surface area (Å²) in [6.45, 7) is 4.44. The summed E-state index contributed by atoms with van der Waals surface area (Å²) in [5, 5.41) is 19.3. The predicted molar refractivity (Wildman–Crippen MR) is 89.3 cm³/mol. The molecule has 5 nitrogen and oxygen atoms in total. The standard InChI is InChI=1S/C17H17F3N2O3S/c1-7-5-22(6-8(2)14(7)23)17(25)11-4-21-16(26-11)9-3-10(18)13(20)15(24)12(9)19/h3-4,7-8,14,23-24H,5-6H2,1-2H3/t7-,8-/m0/s1. The van der Waals surface area contributed by atoms with Crippen LogP contribution in [-0.4, -0.2) is 45.2 Å². The smallest absolute Gasteiger partial charge is 0.265 e. The van der Waals surface area contributed by atoms with E-state index in [2.05, 4.69) is 4.98 Å². The molecule has 0 bridgehead atoms. The van der Waals surface area contributed by atoms with Crippen molar-refractivity contribution >= 4 is 17.2 Å². The minimum absolute atomic E-state index is 0.0433. The van der Waals surface area contributed by atoms with Crippen LogP contribution in [0.25, 0.3) is 10.6 Å². The zero-order valence-electron chi connectivity index (χ0n) is 14.0. The van der Waals surface area contributed by atoms with Gasteiger partial charge in [0.15, 0.2) is 17.4 Å². The second-order valence-electron chi connectivity index (χ2n) is 6.57. The number of phenolic OH excluding ortho intramolecular Hbond substituents is 1. The normalized spacial score (nSPS) is 21.2. The van der Waals surface area contributed by atoms with Crippen LogP contribution in [-0.2, 0) is 0 Å². The van der Waals surface area contributed by atoms with Gasteiger partial charge in [0.05, 0.1) is 17.9 Å². The largest absolute Gasteiger partial charge is 0.503 e. The molecule has 1 amide bonds. The number of likely N-dealkylation sites (tertiary alicyclic amines) is 1. The van der Waals surface area contributed by atoms with Crippen LogP contribution < -0.4 is 0 Å². The Kier molecular flexibility index (Phi) is 4.94. The summed E-state index contributed by atoms with van der Waals surface area (Å²) < 4.78 is 40.7. The van der Waals surface area contributed by atoms with Crippen molar-refractivity contribution in [1.29, 1.82) is 0 Å². The Labute approximate surface area is 151 Å². The van der Waals surface area contributed by atoms with E-state index < -0.39 is 34.9 Å². The first-order chi connectivity index (χ1) is 12.2. The molecule has 0 radical (unpaired) electrons. The van der Waals surface area contributed by atoms with Crippen molar-refractivity contribution in [1.82, 2.24) is 9.88 Å². The molecule has 1 saturated heterocycles. The summed E-state index contributed by atoms with van der Waals surface area (Å²) in [6.07, 6.45) is 0.746. The molecular weight excluding hydrogens is 369 g/mol. The molecule has 0 unspecified atom stereocenters.